The van der Waals surface area contributed by atoms with Crippen molar-refractivity contribution in [3.63, 3.8) is 0 Å². The molecule has 0 unspecified atom stereocenters. The molecule has 0 aromatic heterocycles. The standard InChI is InChI=1S/C15H20BrNO4/c1-17(9-3-8-15(19)20)14(18)7-4-10-21-13-6-2-5-12(16)11-13/h2,5-6,11H,3-4,7-10H2,1H3,(H,19,20). The van der Waals surface area contributed by atoms with Crippen molar-refractivity contribution in [2.45, 2.75) is 25.7 Å². The topological polar surface area (TPSA) is 66.8 Å². The van der Waals surface area contributed by atoms with Crippen LogP contribution in [0.5, 0.6) is 5.75 Å². The highest BCUT2D eigenvalue weighted by atomic mass is 79.9. The Kier molecular flexibility index (Phi) is 7.82. The molecule has 6 heteroatoms. The fraction of sp³-hybridized carbons (Fsp3) is 0.467. The molecule has 5 nitrogen and oxygen atoms in total. The van der Waals surface area contributed by atoms with Crippen LogP contribution in [0.15, 0.2) is 28.7 Å². The average molecular weight is 358 g/mol. The molecule has 1 aromatic rings. The highest BCUT2D eigenvalue weighted by molar-refractivity contribution is 9.10. The molecular weight excluding hydrogens is 338 g/mol. The van der Waals surface area contributed by atoms with Gasteiger partial charge in [-0.1, -0.05) is 22.0 Å². The molecule has 116 valence electrons. The number of ether oxygens (including phenoxy) is 1. The van der Waals surface area contributed by atoms with Gasteiger partial charge in [-0.2, -0.15) is 0 Å². The van der Waals surface area contributed by atoms with Crippen LogP contribution in [-0.4, -0.2) is 42.1 Å². The molecule has 0 saturated carbocycles. The van der Waals surface area contributed by atoms with Crippen LogP contribution in [-0.2, 0) is 9.59 Å². The Morgan fingerprint density at radius 1 is 1.29 bits per heavy atom. The summed E-state index contributed by atoms with van der Waals surface area (Å²) in [5.41, 5.74) is 0. The van der Waals surface area contributed by atoms with Crippen molar-refractivity contribution in [1.29, 1.82) is 0 Å². The zero-order valence-corrected chi connectivity index (χ0v) is 13.6. The normalized spacial score (nSPS) is 10.2. The summed E-state index contributed by atoms with van der Waals surface area (Å²) in [4.78, 5) is 23.8. The summed E-state index contributed by atoms with van der Waals surface area (Å²) in [5, 5.41) is 8.54. The molecular formula is C15H20BrNO4. The lowest BCUT2D eigenvalue weighted by molar-refractivity contribution is -0.138. The first kappa shape index (κ1) is 17.5. The van der Waals surface area contributed by atoms with Crippen LogP contribution in [0.4, 0.5) is 0 Å². The molecule has 0 spiro atoms. The van der Waals surface area contributed by atoms with Crippen LogP contribution in [0.25, 0.3) is 0 Å². The molecule has 1 N–H and O–H groups in total. The summed E-state index contributed by atoms with van der Waals surface area (Å²) < 4.78 is 6.50. The lowest BCUT2D eigenvalue weighted by Crippen LogP contribution is -2.28. The number of carboxylic acid groups (broad SMARTS) is 1. The largest absolute Gasteiger partial charge is 0.494 e. The summed E-state index contributed by atoms with van der Waals surface area (Å²) in [5.74, 6) is -0.0526. The number of aliphatic carboxylic acids is 1. The van der Waals surface area contributed by atoms with Crippen molar-refractivity contribution >= 4 is 27.8 Å². The van der Waals surface area contributed by atoms with Crippen molar-refractivity contribution in [2.75, 3.05) is 20.2 Å². The molecule has 0 atom stereocenters. The molecule has 0 aliphatic rings. The number of nitrogens with zero attached hydrogens (tertiary/aromatic N) is 1. The number of benzene rings is 1. The van der Waals surface area contributed by atoms with Crippen molar-refractivity contribution < 1.29 is 19.4 Å². The van der Waals surface area contributed by atoms with Gasteiger partial charge in [0.05, 0.1) is 6.61 Å². The average Bonchev–Trinajstić information content (AvgIpc) is 2.43. The fourth-order valence-electron chi connectivity index (χ4n) is 1.75. The first-order chi connectivity index (χ1) is 9.99. The van der Waals surface area contributed by atoms with E-state index in [1.807, 2.05) is 24.3 Å². The number of carbonyl (C=O) groups is 2. The van der Waals surface area contributed by atoms with Crippen LogP contribution in [0.1, 0.15) is 25.7 Å². The van der Waals surface area contributed by atoms with E-state index >= 15 is 0 Å². The number of halogens is 1. The number of hydrogen-bond donors (Lipinski definition) is 1. The molecule has 0 aliphatic carbocycles. The summed E-state index contributed by atoms with van der Waals surface area (Å²) >= 11 is 3.37. The lowest BCUT2D eigenvalue weighted by Gasteiger charge is -2.16. The van der Waals surface area contributed by atoms with E-state index < -0.39 is 5.97 Å². The van der Waals surface area contributed by atoms with Crippen LogP contribution in [0.3, 0.4) is 0 Å². The van der Waals surface area contributed by atoms with Gasteiger partial charge in [-0.05, 0) is 31.0 Å². The van der Waals surface area contributed by atoms with Gasteiger partial charge in [-0.3, -0.25) is 9.59 Å². The predicted molar refractivity (Wildman–Crippen MR) is 83.4 cm³/mol. The van der Waals surface area contributed by atoms with Gasteiger partial charge in [-0.15, -0.1) is 0 Å². The smallest absolute Gasteiger partial charge is 0.303 e. The van der Waals surface area contributed by atoms with Crippen LogP contribution >= 0.6 is 15.9 Å². The third-order valence-corrected chi connectivity index (χ3v) is 3.40. The molecule has 0 bridgehead atoms. The van der Waals surface area contributed by atoms with E-state index in [0.717, 1.165) is 10.2 Å². The molecule has 0 radical (unpaired) electrons. The summed E-state index contributed by atoms with van der Waals surface area (Å²) in [6.07, 6.45) is 1.60. The zero-order chi connectivity index (χ0) is 15.7. The maximum Gasteiger partial charge on any atom is 0.303 e. The van der Waals surface area contributed by atoms with Crippen molar-refractivity contribution in [3.8, 4) is 5.75 Å². The fourth-order valence-corrected chi connectivity index (χ4v) is 2.13. The van der Waals surface area contributed by atoms with Crippen LogP contribution < -0.4 is 4.74 Å². The first-order valence-corrected chi connectivity index (χ1v) is 7.62. The highest BCUT2D eigenvalue weighted by Crippen LogP contribution is 2.17. The molecule has 0 fully saturated rings. The molecule has 1 aromatic carbocycles. The molecule has 0 saturated heterocycles. The highest BCUT2D eigenvalue weighted by Gasteiger charge is 2.09. The second kappa shape index (κ2) is 9.39. The number of carboxylic acids is 1. The third-order valence-electron chi connectivity index (χ3n) is 2.91. The van der Waals surface area contributed by atoms with Crippen LogP contribution in [0, 0.1) is 0 Å². The maximum atomic E-state index is 11.8. The van der Waals surface area contributed by atoms with E-state index in [4.69, 9.17) is 9.84 Å². The quantitative estimate of drug-likeness (QED) is 0.690. The van der Waals surface area contributed by atoms with Gasteiger partial charge in [-0.25, -0.2) is 0 Å². The number of rotatable bonds is 9. The van der Waals surface area contributed by atoms with Gasteiger partial charge in [0, 0.05) is 30.9 Å². The van der Waals surface area contributed by atoms with Gasteiger partial charge in [0.1, 0.15) is 5.75 Å². The van der Waals surface area contributed by atoms with Gasteiger partial charge in [0.25, 0.3) is 0 Å². The zero-order valence-electron chi connectivity index (χ0n) is 12.0. The number of amides is 1. The van der Waals surface area contributed by atoms with E-state index in [9.17, 15) is 9.59 Å². The summed E-state index contributed by atoms with van der Waals surface area (Å²) in [6, 6.07) is 7.55. The second-order valence-electron chi connectivity index (χ2n) is 4.72. The van der Waals surface area contributed by atoms with E-state index in [1.54, 1.807) is 11.9 Å². The minimum atomic E-state index is -0.835. The minimum absolute atomic E-state index is 0.0123. The third kappa shape index (κ3) is 7.70. The van der Waals surface area contributed by atoms with E-state index in [0.29, 0.717) is 32.4 Å². The van der Waals surface area contributed by atoms with E-state index in [2.05, 4.69) is 15.9 Å². The van der Waals surface area contributed by atoms with Gasteiger partial charge >= 0.3 is 5.97 Å². The Morgan fingerprint density at radius 3 is 2.71 bits per heavy atom. The monoisotopic (exact) mass is 357 g/mol. The predicted octanol–water partition coefficient (Wildman–Crippen LogP) is 2.93. The van der Waals surface area contributed by atoms with Gasteiger partial charge in [0.2, 0.25) is 5.91 Å². The Balaban J connectivity index is 2.16. The lowest BCUT2D eigenvalue weighted by atomic mass is 10.2. The Bertz CT molecular complexity index is 478. The van der Waals surface area contributed by atoms with Crippen molar-refractivity contribution in [3.05, 3.63) is 28.7 Å². The molecule has 1 amide bonds. The Labute approximate surface area is 133 Å². The van der Waals surface area contributed by atoms with Crippen molar-refractivity contribution in [1.82, 2.24) is 4.90 Å². The number of carbonyl (C=O) groups excluding carboxylic acids is 1. The Hall–Kier alpha value is -1.56. The molecule has 21 heavy (non-hydrogen) atoms. The van der Waals surface area contributed by atoms with Crippen molar-refractivity contribution in [2.24, 2.45) is 0 Å². The Morgan fingerprint density at radius 2 is 2.05 bits per heavy atom. The van der Waals surface area contributed by atoms with Crippen LogP contribution in [0.2, 0.25) is 0 Å². The van der Waals surface area contributed by atoms with Gasteiger partial charge in [0.15, 0.2) is 0 Å². The number of hydrogen-bond acceptors (Lipinski definition) is 3. The summed E-state index contributed by atoms with van der Waals surface area (Å²) in [7, 11) is 1.69. The van der Waals surface area contributed by atoms with E-state index in [-0.39, 0.29) is 12.3 Å². The minimum Gasteiger partial charge on any atom is -0.494 e. The summed E-state index contributed by atoms with van der Waals surface area (Å²) in [6.45, 7) is 0.947. The van der Waals surface area contributed by atoms with Gasteiger partial charge < -0.3 is 14.7 Å². The maximum absolute atomic E-state index is 11.8. The van der Waals surface area contributed by atoms with E-state index in [1.165, 1.54) is 0 Å². The first-order valence-electron chi connectivity index (χ1n) is 6.83. The molecule has 0 aliphatic heterocycles. The SMILES string of the molecule is CN(CCCC(=O)O)C(=O)CCCOc1cccc(Br)c1. The second-order valence-corrected chi connectivity index (χ2v) is 5.64. The molecule has 0 heterocycles. The molecule has 1 rings (SSSR count).